The van der Waals surface area contributed by atoms with Crippen LogP contribution in [0.1, 0.15) is 15.9 Å². The number of carbonyl (C=O) groups is 1. The zero-order chi connectivity index (χ0) is 15.2. The van der Waals surface area contributed by atoms with Crippen molar-refractivity contribution in [3.8, 4) is 0 Å². The number of nitrogen functional groups attached to an aromatic ring is 1. The van der Waals surface area contributed by atoms with Crippen LogP contribution in [0.4, 0.5) is 18.9 Å². The van der Waals surface area contributed by atoms with Crippen LogP contribution < -0.4 is 16.6 Å². The lowest BCUT2D eigenvalue weighted by Gasteiger charge is -2.11. The number of benzene rings is 1. The van der Waals surface area contributed by atoms with E-state index in [-0.39, 0.29) is 13.2 Å². The first-order valence-electron chi connectivity index (χ1n) is 5.83. The van der Waals surface area contributed by atoms with Crippen LogP contribution in [0.3, 0.4) is 0 Å². The van der Waals surface area contributed by atoms with Gasteiger partial charge in [-0.05, 0) is 19.1 Å². The van der Waals surface area contributed by atoms with Crippen molar-refractivity contribution in [1.29, 1.82) is 0 Å². The van der Waals surface area contributed by atoms with Gasteiger partial charge in [0.25, 0.3) is 5.91 Å². The molecule has 8 heteroatoms. The maximum absolute atomic E-state index is 11.9. The van der Waals surface area contributed by atoms with Crippen LogP contribution >= 0.6 is 0 Å². The molecule has 4 N–H and O–H groups in total. The lowest BCUT2D eigenvalue weighted by Crippen LogP contribution is -2.29. The molecule has 0 aliphatic rings. The number of nitrogens with two attached hydrogens (primary N) is 1. The van der Waals surface area contributed by atoms with Crippen molar-refractivity contribution in [2.24, 2.45) is 5.84 Å². The second kappa shape index (κ2) is 7.11. The van der Waals surface area contributed by atoms with E-state index < -0.39 is 18.7 Å². The van der Waals surface area contributed by atoms with Crippen LogP contribution in [0, 0.1) is 6.92 Å². The molecule has 0 saturated heterocycles. The van der Waals surface area contributed by atoms with Gasteiger partial charge in [-0.15, -0.1) is 0 Å². The quantitative estimate of drug-likeness (QED) is 0.422. The SMILES string of the molecule is Cc1ccc(NN)c(C(=O)NCCOCC(F)(F)F)c1. The number of hydrogen-bond donors (Lipinski definition) is 3. The predicted molar refractivity (Wildman–Crippen MR) is 68.2 cm³/mol. The number of rotatable bonds is 6. The fraction of sp³-hybridized carbons (Fsp3) is 0.417. The lowest BCUT2D eigenvalue weighted by molar-refractivity contribution is -0.173. The van der Waals surface area contributed by atoms with E-state index in [0.29, 0.717) is 11.3 Å². The summed E-state index contributed by atoms with van der Waals surface area (Å²) < 4.78 is 39.8. The summed E-state index contributed by atoms with van der Waals surface area (Å²) in [7, 11) is 0. The molecule has 0 heterocycles. The maximum atomic E-state index is 11.9. The van der Waals surface area contributed by atoms with E-state index in [1.807, 2.05) is 6.92 Å². The zero-order valence-electron chi connectivity index (χ0n) is 10.9. The van der Waals surface area contributed by atoms with Crippen molar-refractivity contribution in [1.82, 2.24) is 5.32 Å². The second-order valence-electron chi connectivity index (χ2n) is 4.12. The van der Waals surface area contributed by atoms with E-state index in [2.05, 4.69) is 15.5 Å². The van der Waals surface area contributed by atoms with Crippen LogP contribution in [-0.2, 0) is 4.74 Å². The Morgan fingerprint density at radius 1 is 1.40 bits per heavy atom. The van der Waals surface area contributed by atoms with Crippen LogP contribution in [0.25, 0.3) is 0 Å². The summed E-state index contributed by atoms with van der Waals surface area (Å²) in [5.74, 6) is 4.85. The number of anilines is 1. The van der Waals surface area contributed by atoms with Crippen LogP contribution in [-0.4, -0.2) is 31.8 Å². The number of hydrazine groups is 1. The molecule has 112 valence electrons. The Morgan fingerprint density at radius 3 is 2.70 bits per heavy atom. The highest BCUT2D eigenvalue weighted by molar-refractivity contribution is 5.99. The second-order valence-corrected chi connectivity index (χ2v) is 4.12. The zero-order valence-corrected chi connectivity index (χ0v) is 10.9. The summed E-state index contributed by atoms with van der Waals surface area (Å²) >= 11 is 0. The Kier molecular flexibility index (Phi) is 5.78. The first-order chi connectivity index (χ1) is 9.33. The fourth-order valence-electron chi connectivity index (χ4n) is 1.49. The van der Waals surface area contributed by atoms with Gasteiger partial charge in [-0.2, -0.15) is 13.2 Å². The van der Waals surface area contributed by atoms with Crippen molar-refractivity contribution >= 4 is 11.6 Å². The van der Waals surface area contributed by atoms with Gasteiger partial charge in [0.2, 0.25) is 0 Å². The molecule has 1 amide bonds. The van der Waals surface area contributed by atoms with Gasteiger partial charge in [-0.25, -0.2) is 0 Å². The Labute approximate surface area is 114 Å². The number of alkyl halides is 3. The summed E-state index contributed by atoms with van der Waals surface area (Å²) in [5.41, 5.74) is 4.00. The standard InChI is InChI=1S/C12H16F3N3O2/c1-8-2-3-10(18-16)9(6-8)11(19)17-4-5-20-7-12(13,14)15/h2-3,6,18H,4-5,7,16H2,1H3,(H,17,19). The van der Waals surface area contributed by atoms with E-state index in [9.17, 15) is 18.0 Å². The van der Waals surface area contributed by atoms with E-state index in [1.165, 1.54) is 0 Å². The van der Waals surface area contributed by atoms with Crippen LogP contribution in [0.2, 0.25) is 0 Å². The number of hydrogen-bond acceptors (Lipinski definition) is 4. The number of halogens is 3. The van der Waals surface area contributed by atoms with E-state index in [4.69, 9.17) is 5.84 Å². The minimum atomic E-state index is -4.36. The third-order valence-electron chi connectivity index (χ3n) is 2.37. The van der Waals surface area contributed by atoms with Crippen LogP contribution in [0.5, 0.6) is 0 Å². The summed E-state index contributed by atoms with van der Waals surface area (Å²) in [6.45, 7) is 0.238. The summed E-state index contributed by atoms with van der Waals surface area (Å²) in [5, 5.41) is 2.46. The summed E-state index contributed by atoms with van der Waals surface area (Å²) in [6.07, 6.45) is -4.36. The van der Waals surface area contributed by atoms with Gasteiger partial charge >= 0.3 is 6.18 Å². The number of aryl methyl sites for hydroxylation is 1. The van der Waals surface area contributed by atoms with Crippen molar-refractivity contribution in [2.75, 3.05) is 25.2 Å². The van der Waals surface area contributed by atoms with Gasteiger partial charge in [0.05, 0.1) is 17.9 Å². The van der Waals surface area contributed by atoms with E-state index in [0.717, 1.165) is 5.56 Å². The molecule has 0 aromatic heterocycles. The van der Waals surface area contributed by atoms with Gasteiger partial charge in [0.15, 0.2) is 0 Å². The molecule has 0 bridgehead atoms. The Balaban J connectivity index is 2.45. The smallest absolute Gasteiger partial charge is 0.370 e. The monoisotopic (exact) mass is 291 g/mol. The maximum Gasteiger partial charge on any atom is 0.411 e. The van der Waals surface area contributed by atoms with Crippen molar-refractivity contribution in [3.63, 3.8) is 0 Å². The topological polar surface area (TPSA) is 76.4 Å². The Hall–Kier alpha value is -1.80. The molecule has 0 aliphatic carbocycles. The normalized spacial score (nSPS) is 11.2. The summed E-state index contributed by atoms with van der Waals surface area (Å²) in [4.78, 5) is 11.9. The highest BCUT2D eigenvalue weighted by Gasteiger charge is 2.27. The van der Waals surface area contributed by atoms with Crippen molar-refractivity contribution in [2.45, 2.75) is 13.1 Å². The minimum Gasteiger partial charge on any atom is -0.370 e. The number of amides is 1. The third-order valence-corrected chi connectivity index (χ3v) is 2.37. The van der Waals surface area contributed by atoms with E-state index >= 15 is 0 Å². The lowest BCUT2D eigenvalue weighted by atomic mass is 10.1. The molecular formula is C12H16F3N3O2. The fourth-order valence-corrected chi connectivity index (χ4v) is 1.49. The molecule has 1 aromatic rings. The number of ether oxygens (including phenoxy) is 1. The van der Waals surface area contributed by atoms with Crippen molar-refractivity contribution in [3.05, 3.63) is 29.3 Å². The largest absolute Gasteiger partial charge is 0.411 e. The average molecular weight is 291 g/mol. The van der Waals surface area contributed by atoms with Gasteiger partial charge in [0.1, 0.15) is 6.61 Å². The first kappa shape index (κ1) is 16.3. The molecule has 0 radical (unpaired) electrons. The molecule has 0 spiro atoms. The third kappa shape index (κ3) is 5.45. The molecule has 0 atom stereocenters. The average Bonchev–Trinajstić information content (AvgIpc) is 2.36. The Bertz CT molecular complexity index is 464. The molecule has 1 aromatic carbocycles. The number of nitrogens with one attached hydrogen (secondary N) is 2. The molecule has 0 saturated carbocycles. The molecule has 0 fully saturated rings. The predicted octanol–water partition coefficient (Wildman–Crippen LogP) is 1.59. The minimum absolute atomic E-state index is 0.0210. The van der Waals surface area contributed by atoms with Crippen molar-refractivity contribution < 1.29 is 22.7 Å². The molecule has 20 heavy (non-hydrogen) atoms. The van der Waals surface area contributed by atoms with Crippen LogP contribution in [0.15, 0.2) is 18.2 Å². The molecule has 0 aliphatic heterocycles. The van der Waals surface area contributed by atoms with Gasteiger partial charge in [-0.1, -0.05) is 11.6 Å². The highest BCUT2D eigenvalue weighted by Crippen LogP contribution is 2.16. The highest BCUT2D eigenvalue weighted by atomic mass is 19.4. The molecular weight excluding hydrogens is 275 g/mol. The van der Waals surface area contributed by atoms with E-state index in [1.54, 1.807) is 18.2 Å². The number of carbonyl (C=O) groups excluding carboxylic acids is 1. The Morgan fingerprint density at radius 2 is 2.10 bits per heavy atom. The molecule has 0 unspecified atom stereocenters. The van der Waals surface area contributed by atoms with Gasteiger partial charge < -0.3 is 15.5 Å². The van der Waals surface area contributed by atoms with Gasteiger partial charge in [-0.3, -0.25) is 10.6 Å². The summed E-state index contributed by atoms with van der Waals surface area (Å²) in [6, 6.07) is 5.05. The molecule has 1 rings (SSSR count). The molecule has 5 nitrogen and oxygen atoms in total. The first-order valence-corrected chi connectivity index (χ1v) is 5.83. The van der Waals surface area contributed by atoms with Gasteiger partial charge in [0, 0.05) is 6.54 Å².